The van der Waals surface area contributed by atoms with Crippen molar-refractivity contribution < 1.29 is 4.79 Å². The standard InChI is InChI=1S/C13H13Cl2N5O/c14-6-2-4-8-3-1-5-11(17-8)18-9-7-10(15)19-20-12(9)13(16)21/h1,3,5,7H,2,4,6H2,(H2,16,21)(H,17,18,19). The molecule has 2 heterocycles. The largest absolute Gasteiger partial charge is 0.364 e. The second-order valence-electron chi connectivity index (χ2n) is 4.23. The third kappa shape index (κ3) is 4.27. The lowest BCUT2D eigenvalue weighted by atomic mass is 10.2. The van der Waals surface area contributed by atoms with Crippen molar-refractivity contribution in [3.8, 4) is 0 Å². The number of carbonyl (C=O) groups excluding carboxylic acids is 1. The summed E-state index contributed by atoms with van der Waals surface area (Å²) in [6.45, 7) is 0. The number of alkyl halides is 1. The zero-order valence-corrected chi connectivity index (χ0v) is 12.5. The molecule has 3 N–H and O–H groups in total. The molecule has 2 aromatic heterocycles. The van der Waals surface area contributed by atoms with E-state index in [1.807, 2.05) is 12.1 Å². The van der Waals surface area contributed by atoms with E-state index in [9.17, 15) is 4.79 Å². The van der Waals surface area contributed by atoms with E-state index in [1.54, 1.807) is 6.07 Å². The molecular formula is C13H13Cl2N5O. The zero-order chi connectivity index (χ0) is 15.2. The Bertz CT molecular complexity index is 650. The van der Waals surface area contributed by atoms with Crippen molar-refractivity contribution in [1.82, 2.24) is 15.2 Å². The highest BCUT2D eigenvalue weighted by Crippen LogP contribution is 2.20. The Hall–Kier alpha value is -1.92. The molecule has 0 saturated carbocycles. The van der Waals surface area contributed by atoms with E-state index in [-0.39, 0.29) is 10.8 Å². The fraction of sp³-hybridized carbons (Fsp3) is 0.231. The first-order valence-electron chi connectivity index (χ1n) is 6.22. The van der Waals surface area contributed by atoms with Crippen molar-refractivity contribution in [3.63, 3.8) is 0 Å². The van der Waals surface area contributed by atoms with Gasteiger partial charge in [-0.05, 0) is 25.0 Å². The van der Waals surface area contributed by atoms with Gasteiger partial charge in [-0.25, -0.2) is 4.98 Å². The number of aromatic nitrogens is 3. The quantitative estimate of drug-likeness (QED) is 0.796. The molecule has 0 spiro atoms. The summed E-state index contributed by atoms with van der Waals surface area (Å²) < 4.78 is 0. The van der Waals surface area contributed by atoms with E-state index < -0.39 is 5.91 Å². The Labute approximate surface area is 131 Å². The molecule has 0 bridgehead atoms. The smallest absolute Gasteiger partial charge is 0.271 e. The molecule has 0 saturated heterocycles. The number of primary amides is 1. The summed E-state index contributed by atoms with van der Waals surface area (Å²) in [5.74, 6) is 0.447. The lowest BCUT2D eigenvalue weighted by Crippen LogP contribution is -2.16. The van der Waals surface area contributed by atoms with Crippen LogP contribution in [0.15, 0.2) is 24.3 Å². The summed E-state index contributed by atoms with van der Waals surface area (Å²) >= 11 is 11.5. The molecule has 110 valence electrons. The van der Waals surface area contributed by atoms with Gasteiger partial charge in [-0.1, -0.05) is 17.7 Å². The predicted molar refractivity (Wildman–Crippen MR) is 82.1 cm³/mol. The third-order valence-electron chi connectivity index (χ3n) is 2.63. The second-order valence-corrected chi connectivity index (χ2v) is 4.99. The van der Waals surface area contributed by atoms with Crippen LogP contribution in [0, 0.1) is 0 Å². The average molecular weight is 326 g/mol. The number of anilines is 2. The average Bonchev–Trinajstić information content (AvgIpc) is 2.45. The summed E-state index contributed by atoms with van der Waals surface area (Å²) in [4.78, 5) is 15.8. The van der Waals surface area contributed by atoms with Crippen LogP contribution in [0.4, 0.5) is 11.5 Å². The van der Waals surface area contributed by atoms with Gasteiger partial charge in [-0.15, -0.1) is 21.8 Å². The fourth-order valence-electron chi connectivity index (χ4n) is 1.72. The Kier molecular flexibility index (Phi) is 5.30. The summed E-state index contributed by atoms with van der Waals surface area (Å²) in [7, 11) is 0. The van der Waals surface area contributed by atoms with Crippen LogP contribution in [0.1, 0.15) is 22.6 Å². The highest BCUT2D eigenvalue weighted by Gasteiger charge is 2.12. The van der Waals surface area contributed by atoms with E-state index >= 15 is 0 Å². The van der Waals surface area contributed by atoms with Crippen molar-refractivity contribution >= 4 is 40.6 Å². The normalized spacial score (nSPS) is 10.4. The fourth-order valence-corrected chi connectivity index (χ4v) is 2.00. The van der Waals surface area contributed by atoms with E-state index in [4.69, 9.17) is 28.9 Å². The molecule has 0 aliphatic rings. The number of aryl methyl sites for hydroxylation is 1. The maximum absolute atomic E-state index is 11.3. The van der Waals surface area contributed by atoms with Gasteiger partial charge < -0.3 is 11.1 Å². The SMILES string of the molecule is NC(=O)c1nnc(Cl)cc1Nc1cccc(CCCCl)n1. The van der Waals surface area contributed by atoms with Crippen LogP contribution < -0.4 is 11.1 Å². The van der Waals surface area contributed by atoms with Crippen molar-refractivity contribution in [3.05, 3.63) is 40.8 Å². The number of pyridine rings is 1. The summed E-state index contributed by atoms with van der Waals surface area (Å²) in [6.07, 6.45) is 1.62. The Morgan fingerprint density at radius 2 is 2.14 bits per heavy atom. The van der Waals surface area contributed by atoms with Crippen LogP contribution in [0.2, 0.25) is 5.15 Å². The number of nitrogens with two attached hydrogens (primary N) is 1. The number of halogens is 2. The molecule has 0 aromatic carbocycles. The van der Waals surface area contributed by atoms with Crippen LogP contribution in [-0.4, -0.2) is 27.0 Å². The topological polar surface area (TPSA) is 93.8 Å². The van der Waals surface area contributed by atoms with Crippen LogP contribution in [0.3, 0.4) is 0 Å². The maximum Gasteiger partial charge on any atom is 0.271 e. The molecule has 0 radical (unpaired) electrons. The van der Waals surface area contributed by atoms with Crippen molar-refractivity contribution in [2.24, 2.45) is 5.73 Å². The van der Waals surface area contributed by atoms with Gasteiger partial charge in [-0.3, -0.25) is 4.79 Å². The highest BCUT2D eigenvalue weighted by atomic mass is 35.5. The van der Waals surface area contributed by atoms with Crippen LogP contribution in [0.25, 0.3) is 0 Å². The summed E-state index contributed by atoms with van der Waals surface area (Å²) in [5.41, 5.74) is 6.52. The van der Waals surface area contributed by atoms with Gasteiger partial charge in [0.25, 0.3) is 5.91 Å². The first-order valence-corrected chi connectivity index (χ1v) is 7.13. The lowest BCUT2D eigenvalue weighted by molar-refractivity contribution is 0.0995. The first kappa shape index (κ1) is 15.5. The predicted octanol–water partition coefficient (Wildman–Crippen LogP) is 2.54. The number of nitrogens with one attached hydrogen (secondary N) is 1. The number of hydrogen-bond acceptors (Lipinski definition) is 5. The van der Waals surface area contributed by atoms with Crippen molar-refractivity contribution in [1.29, 1.82) is 0 Å². The van der Waals surface area contributed by atoms with E-state index in [2.05, 4.69) is 20.5 Å². The summed E-state index contributed by atoms with van der Waals surface area (Å²) in [6, 6.07) is 7.01. The van der Waals surface area contributed by atoms with Crippen LogP contribution >= 0.6 is 23.2 Å². The first-order chi connectivity index (χ1) is 10.1. The lowest BCUT2D eigenvalue weighted by Gasteiger charge is -2.09. The van der Waals surface area contributed by atoms with Crippen LogP contribution in [0.5, 0.6) is 0 Å². The van der Waals surface area contributed by atoms with Gasteiger partial charge in [0.2, 0.25) is 0 Å². The Balaban J connectivity index is 2.25. The van der Waals surface area contributed by atoms with Crippen molar-refractivity contribution in [2.75, 3.05) is 11.2 Å². The minimum Gasteiger partial charge on any atom is -0.364 e. The zero-order valence-electron chi connectivity index (χ0n) is 11.0. The molecule has 0 aliphatic carbocycles. The Morgan fingerprint density at radius 3 is 2.86 bits per heavy atom. The molecule has 0 unspecified atom stereocenters. The third-order valence-corrected chi connectivity index (χ3v) is 3.09. The van der Waals surface area contributed by atoms with Gasteiger partial charge in [0.15, 0.2) is 10.8 Å². The molecule has 0 fully saturated rings. The van der Waals surface area contributed by atoms with Gasteiger partial charge in [0.1, 0.15) is 5.82 Å². The Morgan fingerprint density at radius 1 is 1.33 bits per heavy atom. The molecule has 8 heteroatoms. The minimum atomic E-state index is -0.694. The number of carbonyl (C=O) groups is 1. The molecule has 2 rings (SSSR count). The summed E-state index contributed by atoms with van der Waals surface area (Å²) in [5, 5.41) is 10.4. The number of hydrogen-bond donors (Lipinski definition) is 2. The number of rotatable bonds is 6. The number of nitrogens with zero attached hydrogens (tertiary/aromatic N) is 3. The molecule has 21 heavy (non-hydrogen) atoms. The van der Waals surface area contributed by atoms with Gasteiger partial charge >= 0.3 is 0 Å². The van der Waals surface area contributed by atoms with Gasteiger partial charge in [0, 0.05) is 17.6 Å². The van der Waals surface area contributed by atoms with Gasteiger partial charge in [-0.2, -0.15) is 0 Å². The molecule has 2 aromatic rings. The molecule has 1 amide bonds. The van der Waals surface area contributed by atoms with E-state index in [0.29, 0.717) is 17.4 Å². The van der Waals surface area contributed by atoms with Crippen LogP contribution in [-0.2, 0) is 6.42 Å². The monoisotopic (exact) mass is 325 g/mol. The maximum atomic E-state index is 11.3. The molecular weight excluding hydrogens is 313 g/mol. The highest BCUT2D eigenvalue weighted by molar-refractivity contribution is 6.29. The molecule has 0 atom stereocenters. The van der Waals surface area contributed by atoms with E-state index in [1.165, 1.54) is 6.07 Å². The second kappa shape index (κ2) is 7.19. The molecule has 0 aliphatic heterocycles. The number of amides is 1. The van der Waals surface area contributed by atoms with E-state index in [0.717, 1.165) is 18.5 Å². The minimum absolute atomic E-state index is 0.00682. The van der Waals surface area contributed by atoms with Gasteiger partial charge in [0.05, 0.1) is 5.69 Å². The molecule has 6 nitrogen and oxygen atoms in total. The van der Waals surface area contributed by atoms with Crippen molar-refractivity contribution in [2.45, 2.75) is 12.8 Å².